The molecule has 0 bridgehead atoms. The highest BCUT2D eigenvalue weighted by Crippen LogP contribution is 2.18. The van der Waals surface area contributed by atoms with Crippen LogP contribution in [0.4, 0.5) is 0 Å². The highest BCUT2D eigenvalue weighted by molar-refractivity contribution is 7.88. The Bertz CT molecular complexity index is 1140. The molecule has 0 aliphatic carbocycles. The van der Waals surface area contributed by atoms with Gasteiger partial charge >= 0.3 is 0 Å². The Morgan fingerprint density at radius 2 is 1.90 bits per heavy atom. The van der Waals surface area contributed by atoms with Crippen molar-refractivity contribution >= 4 is 27.1 Å². The molecule has 30 heavy (non-hydrogen) atoms. The van der Waals surface area contributed by atoms with E-state index in [-0.39, 0.29) is 11.9 Å². The first-order valence-corrected chi connectivity index (χ1v) is 11.9. The number of rotatable bonds is 6. The predicted molar refractivity (Wildman–Crippen MR) is 115 cm³/mol. The maximum Gasteiger partial charge on any atom is 0.255 e. The fourth-order valence-electron chi connectivity index (χ4n) is 3.81. The van der Waals surface area contributed by atoms with Crippen molar-refractivity contribution in [1.82, 2.24) is 24.2 Å². The Labute approximate surface area is 176 Å². The molecule has 1 amide bonds. The van der Waals surface area contributed by atoms with Crippen molar-refractivity contribution in [2.24, 2.45) is 0 Å². The van der Waals surface area contributed by atoms with E-state index in [2.05, 4.69) is 26.8 Å². The summed E-state index contributed by atoms with van der Waals surface area (Å²) in [5.74, 6) is -0.0963. The Morgan fingerprint density at radius 1 is 1.17 bits per heavy atom. The zero-order valence-corrected chi connectivity index (χ0v) is 17.7. The van der Waals surface area contributed by atoms with Crippen molar-refractivity contribution in [2.45, 2.75) is 31.8 Å². The number of aryl methyl sites for hydroxylation is 2. The number of sulfonamides is 1. The molecule has 4 rings (SSSR count). The number of likely N-dealkylation sites (tertiary alicyclic amines) is 1. The van der Waals surface area contributed by atoms with Gasteiger partial charge in [-0.3, -0.25) is 4.79 Å². The normalized spacial score (nSPS) is 15.6. The molecule has 1 aliphatic heterocycles. The minimum absolute atomic E-state index is 0.0963. The number of amides is 1. The Kier molecular flexibility index (Phi) is 5.83. The molecule has 2 aromatic heterocycles. The van der Waals surface area contributed by atoms with Crippen molar-refractivity contribution < 1.29 is 13.2 Å². The van der Waals surface area contributed by atoms with Gasteiger partial charge in [0.05, 0.1) is 18.1 Å². The smallest absolute Gasteiger partial charge is 0.255 e. The molecular formula is C21H25N5O3S. The minimum atomic E-state index is -3.23. The molecule has 0 unspecified atom stereocenters. The second-order valence-electron chi connectivity index (χ2n) is 7.70. The SMILES string of the molecule is CS(=O)(=O)NC1CCN(C(=O)c2cnc3c(c2)ncn3CCc2ccccc2)CC1. The number of aromatic nitrogens is 3. The second kappa shape index (κ2) is 8.53. The number of hydrogen-bond donors (Lipinski definition) is 1. The number of hydrogen-bond acceptors (Lipinski definition) is 5. The van der Waals surface area contributed by atoms with Crippen LogP contribution in [0.1, 0.15) is 28.8 Å². The number of pyridine rings is 1. The summed E-state index contributed by atoms with van der Waals surface area (Å²) in [7, 11) is -3.23. The van der Waals surface area contributed by atoms with Crippen LogP contribution < -0.4 is 4.72 Å². The van der Waals surface area contributed by atoms with Gasteiger partial charge in [0.25, 0.3) is 5.91 Å². The van der Waals surface area contributed by atoms with Gasteiger partial charge in [0.15, 0.2) is 5.65 Å². The van der Waals surface area contributed by atoms with E-state index in [1.807, 2.05) is 22.8 Å². The summed E-state index contributed by atoms with van der Waals surface area (Å²) in [6.07, 6.45) is 6.60. The van der Waals surface area contributed by atoms with Crippen molar-refractivity contribution in [3.05, 3.63) is 60.0 Å². The molecule has 1 N–H and O–H groups in total. The number of carbonyl (C=O) groups is 1. The molecule has 0 spiro atoms. The highest BCUT2D eigenvalue weighted by Gasteiger charge is 2.25. The zero-order valence-electron chi connectivity index (χ0n) is 16.9. The number of carbonyl (C=O) groups excluding carboxylic acids is 1. The molecule has 1 fully saturated rings. The number of nitrogens with zero attached hydrogens (tertiary/aromatic N) is 4. The molecule has 9 heteroatoms. The van der Waals surface area contributed by atoms with Gasteiger partial charge in [-0.1, -0.05) is 30.3 Å². The van der Waals surface area contributed by atoms with E-state index in [1.54, 1.807) is 23.5 Å². The summed E-state index contributed by atoms with van der Waals surface area (Å²) in [6, 6.07) is 11.9. The molecular weight excluding hydrogens is 402 g/mol. The Hall–Kier alpha value is -2.78. The van der Waals surface area contributed by atoms with E-state index in [1.165, 1.54) is 5.56 Å². The van der Waals surface area contributed by atoms with Gasteiger partial charge in [0.1, 0.15) is 5.52 Å². The summed E-state index contributed by atoms with van der Waals surface area (Å²) >= 11 is 0. The molecule has 0 saturated carbocycles. The summed E-state index contributed by atoms with van der Waals surface area (Å²) in [6.45, 7) is 1.78. The average molecular weight is 428 g/mol. The van der Waals surface area contributed by atoms with Crippen molar-refractivity contribution in [1.29, 1.82) is 0 Å². The van der Waals surface area contributed by atoms with Gasteiger partial charge in [-0.25, -0.2) is 23.1 Å². The summed E-state index contributed by atoms with van der Waals surface area (Å²) in [5, 5.41) is 0. The van der Waals surface area contributed by atoms with Gasteiger partial charge in [-0.05, 0) is 30.9 Å². The standard InChI is InChI=1S/C21H25N5O3S/c1-30(28,29)24-18-8-11-25(12-9-18)21(27)17-13-19-20(22-14-17)26(15-23-19)10-7-16-5-3-2-4-6-16/h2-6,13-15,18,24H,7-12H2,1H3. The zero-order chi connectivity index (χ0) is 21.1. The molecule has 158 valence electrons. The van der Waals surface area contributed by atoms with Crippen molar-refractivity contribution in [2.75, 3.05) is 19.3 Å². The van der Waals surface area contributed by atoms with E-state index in [0.29, 0.717) is 37.0 Å². The second-order valence-corrected chi connectivity index (χ2v) is 9.48. The molecule has 3 heterocycles. The lowest BCUT2D eigenvalue weighted by Crippen LogP contribution is -2.46. The van der Waals surface area contributed by atoms with Gasteiger partial charge in [0.2, 0.25) is 10.0 Å². The van der Waals surface area contributed by atoms with Crippen LogP contribution in [-0.4, -0.2) is 59.1 Å². The van der Waals surface area contributed by atoms with Crippen molar-refractivity contribution in [3.63, 3.8) is 0 Å². The first-order chi connectivity index (χ1) is 14.4. The van der Waals surface area contributed by atoms with E-state index < -0.39 is 10.0 Å². The number of benzene rings is 1. The van der Waals surface area contributed by atoms with Gasteiger partial charge in [-0.2, -0.15) is 0 Å². The molecule has 3 aromatic rings. The van der Waals surface area contributed by atoms with E-state index in [0.717, 1.165) is 24.9 Å². The fraction of sp³-hybridized carbons (Fsp3) is 0.381. The van der Waals surface area contributed by atoms with Crippen molar-refractivity contribution in [3.8, 4) is 0 Å². The number of imidazole rings is 1. The Morgan fingerprint density at radius 3 is 2.60 bits per heavy atom. The van der Waals surface area contributed by atoms with Gasteiger partial charge in [-0.15, -0.1) is 0 Å². The van der Waals surface area contributed by atoms with Gasteiger partial charge in [0, 0.05) is 31.9 Å². The van der Waals surface area contributed by atoms with E-state index in [9.17, 15) is 13.2 Å². The summed E-state index contributed by atoms with van der Waals surface area (Å²) in [4.78, 5) is 23.5. The Balaban J connectivity index is 1.41. The van der Waals surface area contributed by atoms with Crippen LogP contribution in [0.15, 0.2) is 48.9 Å². The number of nitrogens with one attached hydrogen (secondary N) is 1. The average Bonchev–Trinajstić information content (AvgIpc) is 3.14. The topological polar surface area (TPSA) is 97.2 Å². The monoisotopic (exact) mass is 427 g/mol. The minimum Gasteiger partial charge on any atom is -0.338 e. The van der Waals surface area contributed by atoms with Crippen LogP contribution in [0.25, 0.3) is 11.2 Å². The summed E-state index contributed by atoms with van der Waals surface area (Å²) < 4.78 is 27.4. The highest BCUT2D eigenvalue weighted by atomic mass is 32.2. The maximum absolute atomic E-state index is 12.9. The van der Waals surface area contributed by atoms with Crippen LogP contribution in [-0.2, 0) is 23.0 Å². The van der Waals surface area contributed by atoms with E-state index >= 15 is 0 Å². The maximum atomic E-state index is 12.9. The third-order valence-corrected chi connectivity index (χ3v) is 6.11. The van der Waals surface area contributed by atoms with Crippen LogP contribution in [0.2, 0.25) is 0 Å². The lowest BCUT2D eigenvalue weighted by Gasteiger charge is -2.32. The third-order valence-electron chi connectivity index (χ3n) is 5.35. The third kappa shape index (κ3) is 4.85. The van der Waals surface area contributed by atoms with Crippen LogP contribution in [0.3, 0.4) is 0 Å². The molecule has 1 saturated heterocycles. The molecule has 0 atom stereocenters. The van der Waals surface area contributed by atoms with Crippen LogP contribution >= 0.6 is 0 Å². The fourth-order valence-corrected chi connectivity index (χ4v) is 4.65. The lowest BCUT2D eigenvalue weighted by molar-refractivity contribution is 0.0711. The molecule has 1 aliphatic rings. The lowest BCUT2D eigenvalue weighted by atomic mass is 10.1. The van der Waals surface area contributed by atoms with Gasteiger partial charge < -0.3 is 9.47 Å². The van der Waals surface area contributed by atoms with Crippen LogP contribution in [0.5, 0.6) is 0 Å². The molecule has 1 aromatic carbocycles. The van der Waals surface area contributed by atoms with E-state index in [4.69, 9.17) is 0 Å². The molecule has 0 radical (unpaired) electrons. The van der Waals surface area contributed by atoms with Crippen LogP contribution in [0, 0.1) is 0 Å². The number of piperidine rings is 1. The predicted octanol–water partition coefficient (Wildman–Crippen LogP) is 1.83. The largest absolute Gasteiger partial charge is 0.338 e. The molecule has 8 nitrogen and oxygen atoms in total. The summed E-state index contributed by atoms with van der Waals surface area (Å²) in [5.41, 5.74) is 3.21. The quantitative estimate of drug-likeness (QED) is 0.647. The number of fused-ring (bicyclic) bond motifs is 1. The first-order valence-electron chi connectivity index (χ1n) is 10.0. The first kappa shape index (κ1) is 20.5.